The van der Waals surface area contributed by atoms with Crippen LogP contribution in [0.25, 0.3) is 0 Å². The van der Waals surface area contributed by atoms with E-state index in [0.29, 0.717) is 11.1 Å². The Morgan fingerprint density at radius 3 is 2.06 bits per heavy atom. The first-order valence-corrected chi connectivity index (χ1v) is 12.3. The zero-order chi connectivity index (χ0) is 24.2. The molecule has 2 aromatic carbocycles. The number of piperazine rings is 1. The van der Waals surface area contributed by atoms with Gasteiger partial charge in [0.2, 0.25) is 15.9 Å². The second-order valence-corrected chi connectivity index (χ2v) is 10.3. The smallest absolute Gasteiger partial charge is 0.251 e. The second kappa shape index (κ2) is 10.3. The van der Waals surface area contributed by atoms with E-state index in [1.54, 1.807) is 41.3 Å². The van der Waals surface area contributed by atoms with E-state index in [4.69, 9.17) is 0 Å². The summed E-state index contributed by atoms with van der Waals surface area (Å²) < 4.78 is 27.4. The molecule has 3 rings (SSSR count). The molecule has 1 N–H and O–H groups in total. The molecule has 1 atom stereocenters. The Morgan fingerprint density at radius 1 is 0.879 bits per heavy atom. The molecule has 33 heavy (non-hydrogen) atoms. The largest absolute Gasteiger partial charge is 0.340 e. The van der Waals surface area contributed by atoms with Crippen LogP contribution in [0.3, 0.4) is 0 Å². The van der Waals surface area contributed by atoms with E-state index in [9.17, 15) is 22.8 Å². The lowest BCUT2D eigenvalue weighted by atomic mass is 10.0. The maximum Gasteiger partial charge on any atom is 0.251 e. The molecule has 0 bridgehead atoms. The van der Waals surface area contributed by atoms with E-state index in [2.05, 4.69) is 5.32 Å². The van der Waals surface area contributed by atoms with Crippen LogP contribution in [-0.4, -0.2) is 67.4 Å². The Balaban J connectivity index is 1.67. The molecular formula is C24H29N3O5S. The number of carbonyl (C=O) groups excluding carboxylic acids is 3. The average Bonchev–Trinajstić information content (AvgIpc) is 2.82. The topological polar surface area (TPSA) is 104 Å². The first-order chi connectivity index (χ1) is 15.6. The van der Waals surface area contributed by atoms with Crippen LogP contribution in [0, 0.1) is 5.92 Å². The molecule has 2 aromatic rings. The fourth-order valence-electron chi connectivity index (χ4n) is 3.70. The van der Waals surface area contributed by atoms with Gasteiger partial charge < -0.3 is 10.2 Å². The van der Waals surface area contributed by atoms with Crippen LogP contribution in [-0.2, 0) is 14.8 Å². The number of carbonyl (C=O) groups is 3. The van der Waals surface area contributed by atoms with E-state index in [1.165, 1.54) is 23.4 Å². The van der Waals surface area contributed by atoms with Crippen LogP contribution in [0.2, 0.25) is 0 Å². The van der Waals surface area contributed by atoms with Gasteiger partial charge in [-0.2, -0.15) is 4.31 Å². The molecule has 0 radical (unpaired) electrons. The molecule has 9 heteroatoms. The first kappa shape index (κ1) is 24.6. The van der Waals surface area contributed by atoms with Crippen molar-refractivity contribution in [2.75, 3.05) is 26.2 Å². The number of hydrogen-bond acceptors (Lipinski definition) is 5. The van der Waals surface area contributed by atoms with Gasteiger partial charge in [-0.05, 0) is 37.1 Å². The average molecular weight is 472 g/mol. The van der Waals surface area contributed by atoms with Gasteiger partial charge in [0.05, 0.1) is 4.90 Å². The van der Waals surface area contributed by atoms with E-state index in [1.807, 2.05) is 19.9 Å². The highest BCUT2D eigenvalue weighted by molar-refractivity contribution is 7.89. The van der Waals surface area contributed by atoms with Gasteiger partial charge in [0.25, 0.3) is 5.91 Å². The van der Waals surface area contributed by atoms with Gasteiger partial charge in [0.1, 0.15) is 6.04 Å². The van der Waals surface area contributed by atoms with Crippen LogP contribution >= 0.6 is 0 Å². The summed E-state index contributed by atoms with van der Waals surface area (Å²) >= 11 is 0. The summed E-state index contributed by atoms with van der Waals surface area (Å²) in [5.41, 5.74) is 0.804. The molecule has 0 saturated carbocycles. The fraction of sp³-hybridized carbons (Fsp3) is 0.375. The van der Waals surface area contributed by atoms with Crippen molar-refractivity contribution < 1.29 is 22.8 Å². The lowest BCUT2D eigenvalue weighted by Crippen LogP contribution is -2.57. The predicted octanol–water partition coefficient (Wildman–Crippen LogP) is 2.18. The Hall–Kier alpha value is -3.04. The third-order valence-corrected chi connectivity index (χ3v) is 7.58. The van der Waals surface area contributed by atoms with Crippen molar-refractivity contribution in [3.63, 3.8) is 0 Å². The molecule has 0 unspecified atom stereocenters. The molecule has 8 nitrogen and oxygen atoms in total. The van der Waals surface area contributed by atoms with E-state index in [-0.39, 0.29) is 54.6 Å². The van der Waals surface area contributed by atoms with Crippen molar-refractivity contribution in [3.05, 3.63) is 65.7 Å². The van der Waals surface area contributed by atoms with Gasteiger partial charge in [0, 0.05) is 37.3 Å². The van der Waals surface area contributed by atoms with Crippen LogP contribution < -0.4 is 5.32 Å². The summed E-state index contributed by atoms with van der Waals surface area (Å²) in [4.78, 5) is 39.0. The fourth-order valence-corrected chi connectivity index (χ4v) is 5.17. The molecule has 1 aliphatic rings. The minimum atomic E-state index is -3.79. The van der Waals surface area contributed by atoms with Crippen molar-refractivity contribution in [2.24, 2.45) is 5.92 Å². The number of ketones is 1. The summed E-state index contributed by atoms with van der Waals surface area (Å²) in [7, 11) is -3.79. The zero-order valence-electron chi connectivity index (χ0n) is 19.0. The highest BCUT2D eigenvalue weighted by atomic mass is 32.2. The van der Waals surface area contributed by atoms with E-state index in [0.717, 1.165) is 0 Å². The standard InChI is InChI=1S/C24H29N3O5S/c1-17(2)22(25-23(29)19-8-5-4-6-9-19)24(30)26-12-14-27(15-13-26)33(31,32)21-11-7-10-20(16-21)18(3)28/h4-11,16-17,22H,12-15H2,1-3H3,(H,25,29)/t22-/m0/s1. The summed E-state index contributed by atoms with van der Waals surface area (Å²) in [6, 6.07) is 13.9. The minimum absolute atomic E-state index is 0.0603. The molecular weight excluding hydrogens is 442 g/mol. The highest BCUT2D eigenvalue weighted by Gasteiger charge is 2.34. The number of sulfonamides is 1. The number of nitrogens with zero attached hydrogens (tertiary/aromatic N) is 2. The van der Waals surface area contributed by atoms with Crippen LogP contribution in [0.4, 0.5) is 0 Å². The summed E-state index contributed by atoms with van der Waals surface area (Å²) in [6.07, 6.45) is 0. The quantitative estimate of drug-likeness (QED) is 0.624. The monoisotopic (exact) mass is 471 g/mol. The van der Waals surface area contributed by atoms with E-state index < -0.39 is 16.1 Å². The van der Waals surface area contributed by atoms with Crippen molar-refractivity contribution in [2.45, 2.75) is 31.7 Å². The van der Waals surface area contributed by atoms with Gasteiger partial charge in [0.15, 0.2) is 5.78 Å². The van der Waals surface area contributed by atoms with Gasteiger partial charge in [-0.25, -0.2) is 8.42 Å². The lowest BCUT2D eigenvalue weighted by molar-refractivity contribution is -0.135. The first-order valence-electron chi connectivity index (χ1n) is 10.9. The van der Waals surface area contributed by atoms with Crippen LogP contribution in [0.1, 0.15) is 41.5 Å². The molecule has 0 spiro atoms. The molecule has 176 valence electrons. The zero-order valence-corrected chi connectivity index (χ0v) is 19.8. The van der Waals surface area contributed by atoms with Crippen molar-refractivity contribution in [3.8, 4) is 0 Å². The predicted molar refractivity (Wildman–Crippen MR) is 124 cm³/mol. The van der Waals surface area contributed by atoms with Gasteiger partial charge in [-0.1, -0.05) is 44.2 Å². The number of hydrogen-bond donors (Lipinski definition) is 1. The number of rotatable bonds is 7. The summed E-state index contributed by atoms with van der Waals surface area (Å²) in [6.45, 7) is 5.81. The Bertz CT molecular complexity index is 1120. The molecule has 1 saturated heterocycles. The van der Waals surface area contributed by atoms with Crippen molar-refractivity contribution in [1.29, 1.82) is 0 Å². The molecule has 0 aromatic heterocycles. The molecule has 2 amide bonds. The summed E-state index contributed by atoms with van der Waals surface area (Å²) in [5.74, 6) is -0.903. The van der Waals surface area contributed by atoms with Crippen molar-refractivity contribution in [1.82, 2.24) is 14.5 Å². The van der Waals surface area contributed by atoms with Crippen molar-refractivity contribution >= 4 is 27.6 Å². The van der Waals surface area contributed by atoms with Gasteiger partial charge in [-0.15, -0.1) is 0 Å². The number of benzene rings is 2. The number of amides is 2. The van der Waals surface area contributed by atoms with Gasteiger partial charge in [-0.3, -0.25) is 14.4 Å². The molecule has 0 aliphatic carbocycles. The molecule has 1 aliphatic heterocycles. The Morgan fingerprint density at radius 2 is 1.48 bits per heavy atom. The second-order valence-electron chi connectivity index (χ2n) is 8.37. The Labute approximate surface area is 194 Å². The number of Topliss-reactive ketones (excluding diaryl/α,β-unsaturated/α-hetero) is 1. The molecule has 1 heterocycles. The maximum absolute atomic E-state index is 13.2. The van der Waals surface area contributed by atoms with E-state index >= 15 is 0 Å². The summed E-state index contributed by atoms with van der Waals surface area (Å²) in [5, 5.41) is 2.82. The number of nitrogens with one attached hydrogen (secondary N) is 1. The maximum atomic E-state index is 13.2. The highest BCUT2D eigenvalue weighted by Crippen LogP contribution is 2.20. The van der Waals surface area contributed by atoms with Crippen LogP contribution in [0.5, 0.6) is 0 Å². The normalized spacial score (nSPS) is 15.8. The Kier molecular flexibility index (Phi) is 7.65. The lowest BCUT2D eigenvalue weighted by Gasteiger charge is -2.36. The van der Waals surface area contributed by atoms with Crippen LogP contribution in [0.15, 0.2) is 59.5 Å². The molecule has 1 fully saturated rings. The van der Waals surface area contributed by atoms with Gasteiger partial charge >= 0.3 is 0 Å². The SMILES string of the molecule is CC(=O)c1cccc(S(=O)(=O)N2CCN(C(=O)[C@@H](NC(=O)c3ccccc3)C(C)C)CC2)c1. The third-order valence-electron chi connectivity index (χ3n) is 5.68. The third kappa shape index (κ3) is 5.66. The minimum Gasteiger partial charge on any atom is -0.340 e.